The van der Waals surface area contributed by atoms with Crippen molar-refractivity contribution in [1.82, 2.24) is 25.6 Å². The van der Waals surface area contributed by atoms with Gasteiger partial charge >= 0.3 is 0 Å². The lowest BCUT2D eigenvalue weighted by molar-refractivity contribution is -0.146. The maximum Gasteiger partial charge on any atom is 0.264 e. The minimum atomic E-state index is -3.66. The molecule has 19 heteroatoms. The first-order valence-corrected chi connectivity index (χ1v) is 32.0. The Labute approximate surface area is 480 Å². The van der Waals surface area contributed by atoms with Crippen molar-refractivity contribution < 1.29 is 48.0 Å². The van der Waals surface area contributed by atoms with Gasteiger partial charge in [0.25, 0.3) is 5.91 Å². The van der Waals surface area contributed by atoms with Crippen molar-refractivity contribution >= 4 is 54.6 Å². The number of fused-ring (bicyclic) bond motifs is 4. The number of nitrogens with one attached hydrogen (secondary N) is 2. The Morgan fingerprint density at radius 3 is 1.91 bits per heavy atom. The van der Waals surface area contributed by atoms with Gasteiger partial charge < -0.3 is 49.2 Å². The van der Waals surface area contributed by atoms with Crippen molar-refractivity contribution in [3.63, 3.8) is 0 Å². The van der Waals surface area contributed by atoms with E-state index in [0.29, 0.717) is 123 Å². The van der Waals surface area contributed by atoms with Crippen LogP contribution in [0.25, 0.3) is 0 Å². The minimum absolute atomic E-state index is 0.0463. The molecule has 1 aromatic heterocycles. The molecule has 1 spiro atoms. The molecule has 1 saturated heterocycles. The molecule has 1 fully saturated rings. The number of rotatable bonds is 25. The molecule has 17 nitrogen and oxygen atoms in total. The van der Waals surface area contributed by atoms with E-state index in [1.807, 2.05) is 130 Å². The van der Waals surface area contributed by atoms with E-state index in [2.05, 4.69) is 20.9 Å². The summed E-state index contributed by atoms with van der Waals surface area (Å²) in [5.74, 6) is -0.357. The van der Waals surface area contributed by atoms with Crippen molar-refractivity contribution in [2.24, 2.45) is 5.92 Å². The summed E-state index contributed by atoms with van der Waals surface area (Å²) >= 11 is 0. The molecule has 0 aliphatic carbocycles. The first-order chi connectivity index (χ1) is 39.7. The Bertz CT molecular complexity index is 3230. The molecule has 7 atom stereocenters. The number of nitrogens with zero attached hydrogens (tertiary/aromatic N) is 6. The van der Waals surface area contributed by atoms with E-state index in [-0.39, 0.29) is 44.1 Å². The number of aliphatic hydroxyl groups is 3. The number of anilines is 5. The van der Waals surface area contributed by atoms with Gasteiger partial charge in [0.15, 0.2) is 5.60 Å². The SMILES string of the molecule is CCOc1ccc2c(c1)CC(NCCCCO)C(=O)N2c1cccc(CN2C(=O)[C@@]3(O[C@@H](CCn4cc(C(CO)c5ccccc5)nn4)[C@H]([Si](C)(C)F)[C@H]3C)c3cc(N4C(=O)C(NCCCCO)Cc5cc(OCC)ccc54)ccc32)c1. The van der Waals surface area contributed by atoms with E-state index >= 15 is 8.90 Å². The highest BCUT2D eigenvalue weighted by molar-refractivity contribution is 6.72. The monoisotopic (exact) mass is 1140 g/mol. The summed E-state index contributed by atoms with van der Waals surface area (Å²) in [5, 5.41) is 45.3. The Morgan fingerprint density at radius 1 is 0.744 bits per heavy atom. The second kappa shape index (κ2) is 25.3. The number of amides is 3. The molecule has 6 aromatic rings. The van der Waals surface area contributed by atoms with Crippen molar-refractivity contribution in [3.05, 3.63) is 149 Å². The van der Waals surface area contributed by atoms with Gasteiger partial charge in [-0.05, 0) is 174 Å². The van der Waals surface area contributed by atoms with Crippen LogP contribution in [0.4, 0.5) is 32.5 Å². The topological polar surface area (TPSA) is 204 Å². The summed E-state index contributed by atoms with van der Waals surface area (Å²) in [6.45, 7) is 11.4. The first-order valence-electron chi connectivity index (χ1n) is 29.1. The fraction of sp³-hybridized carbons (Fsp3) is 0.444. The van der Waals surface area contributed by atoms with Crippen LogP contribution in [-0.2, 0) is 50.7 Å². The maximum absolute atomic E-state index is 17.4. The highest BCUT2D eigenvalue weighted by Crippen LogP contribution is 2.61. The molecule has 5 heterocycles. The number of hydrogen-bond donors (Lipinski definition) is 5. The second-order valence-corrected chi connectivity index (χ2v) is 26.2. The quantitative estimate of drug-likeness (QED) is 0.0208. The number of halogens is 1. The van der Waals surface area contributed by atoms with E-state index < -0.39 is 49.6 Å². The predicted octanol–water partition coefficient (Wildman–Crippen LogP) is 8.51. The van der Waals surface area contributed by atoms with Crippen LogP contribution in [0.5, 0.6) is 11.5 Å². The average Bonchev–Trinajstić information content (AvgIpc) is 2.34. The van der Waals surface area contributed by atoms with Crippen LogP contribution in [0.15, 0.2) is 115 Å². The van der Waals surface area contributed by atoms with Crippen molar-refractivity contribution in [1.29, 1.82) is 0 Å². The Morgan fingerprint density at radius 2 is 1.34 bits per heavy atom. The van der Waals surface area contributed by atoms with Crippen molar-refractivity contribution in [3.8, 4) is 11.5 Å². The number of carbonyl (C=O) groups is 3. The van der Waals surface area contributed by atoms with E-state index in [4.69, 9.17) is 14.2 Å². The molecular formula is C63H77FN8O9Si. The first kappa shape index (κ1) is 58.4. The molecule has 4 aliphatic rings. The number of aryl methyl sites for hydroxylation is 1. The smallest absolute Gasteiger partial charge is 0.264 e. The largest absolute Gasteiger partial charge is 0.494 e. The lowest BCUT2D eigenvalue weighted by Crippen LogP contribution is -2.49. The number of ether oxygens (including phenoxy) is 3. The normalized spacial score (nSPS) is 21.7. The Hall–Kier alpha value is -6.84. The van der Waals surface area contributed by atoms with Gasteiger partial charge in [0.05, 0.1) is 73.2 Å². The number of unbranched alkanes of at least 4 members (excludes halogenated alkanes) is 2. The highest BCUT2D eigenvalue weighted by Gasteiger charge is 2.67. The number of aliphatic hydroxyl groups excluding tert-OH is 3. The lowest BCUT2D eigenvalue weighted by atomic mass is 9.82. The van der Waals surface area contributed by atoms with E-state index in [9.17, 15) is 24.9 Å². The summed E-state index contributed by atoms with van der Waals surface area (Å²) < 4.78 is 38.3. The molecule has 0 bridgehead atoms. The second-order valence-electron chi connectivity index (χ2n) is 22.5. The molecule has 0 saturated carbocycles. The Balaban J connectivity index is 1.04. The van der Waals surface area contributed by atoms with Crippen LogP contribution in [-0.4, -0.2) is 121 Å². The van der Waals surface area contributed by atoms with E-state index in [1.165, 1.54) is 0 Å². The summed E-state index contributed by atoms with van der Waals surface area (Å²) in [4.78, 5) is 50.9. The fourth-order valence-corrected chi connectivity index (χ4v) is 15.5. The highest BCUT2D eigenvalue weighted by atomic mass is 28.4. The Kier molecular flexibility index (Phi) is 18.0. The minimum Gasteiger partial charge on any atom is -0.494 e. The van der Waals surface area contributed by atoms with Crippen LogP contribution in [0.1, 0.15) is 92.3 Å². The van der Waals surface area contributed by atoms with Crippen molar-refractivity contribution in [2.45, 2.75) is 127 Å². The van der Waals surface area contributed by atoms with Gasteiger partial charge in [-0.1, -0.05) is 54.6 Å². The van der Waals surface area contributed by atoms with Crippen LogP contribution in [0, 0.1) is 5.92 Å². The fourth-order valence-electron chi connectivity index (χ4n) is 12.9. The van der Waals surface area contributed by atoms with Crippen LogP contribution in [0.3, 0.4) is 0 Å². The van der Waals surface area contributed by atoms with Gasteiger partial charge in [-0.15, -0.1) is 5.10 Å². The summed E-state index contributed by atoms with van der Waals surface area (Å²) in [7, 11) is -3.66. The molecule has 0 radical (unpaired) electrons. The third-order valence-electron chi connectivity index (χ3n) is 16.7. The number of benzene rings is 5. The van der Waals surface area contributed by atoms with Crippen LogP contribution >= 0.6 is 0 Å². The van der Waals surface area contributed by atoms with Crippen LogP contribution < -0.4 is 34.8 Å². The van der Waals surface area contributed by atoms with Gasteiger partial charge in [0.1, 0.15) is 11.5 Å². The van der Waals surface area contributed by atoms with Gasteiger partial charge in [-0.25, -0.2) is 0 Å². The zero-order valence-electron chi connectivity index (χ0n) is 47.6. The number of aromatic nitrogens is 3. The summed E-state index contributed by atoms with van der Waals surface area (Å²) in [5.41, 5.74) is 5.33. The van der Waals surface area contributed by atoms with Gasteiger partial charge in [0.2, 0.25) is 20.2 Å². The number of carbonyl (C=O) groups excluding carboxylic acids is 3. The summed E-state index contributed by atoms with van der Waals surface area (Å²) in [6.07, 6.45) is 4.82. The maximum atomic E-state index is 17.4. The van der Waals surface area contributed by atoms with E-state index in [0.717, 1.165) is 27.9 Å². The molecule has 3 unspecified atom stereocenters. The van der Waals surface area contributed by atoms with Crippen molar-refractivity contribution in [2.75, 3.05) is 60.8 Å². The zero-order valence-corrected chi connectivity index (χ0v) is 48.6. The molecule has 434 valence electrons. The zero-order chi connectivity index (χ0) is 57.7. The number of hydrogen-bond acceptors (Lipinski definition) is 13. The predicted molar refractivity (Wildman–Crippen MR) is 315 cm³/mol. The molecule has 10 rings (SSSR count). The molecule has 82 heavy (non-hydrogen) atoms. The third-order valence-corrected chi connectivity index (χ3v) is 19.2. The molecule has 3 amide bonds. The molecule has 4 aliphatic heterocycles. The molecule has 5 N–H and O–H groups in total. The lowest BCUT2D eigenvalue weighted by Gasteiger charge is -2.36. The third kappa shape index (κ3) is 11.6. The standard InChI is InChI=1S/C63H77FN8O9Si/c1-6-79-48-21-24-55-44(33-48)35-52(65-27-11-13-30-73)60(76)71(55)46-19-15-16-42(32-46)38-70-57-23-20-47(72-56-25-22-49(80-7-2)34-45(56)36-53(61(72)77)66-28-12-14-31-74)37-51(57)63(62(70)78)41(3)59(82(4,5)64)58(81-63)26-29-69-39-54(67-68-69)50(40-75)43-17-9-8-10-18-43/h8-10,15-25,32-34,37,39,41,50,52-53,58-59,65-66,73-75H,6-7,11-14,26-31,35-36,38,40H2,1-5H3/t41-,50?,52?,53?,58+,59-,63+/m1/s1. The average molecular weight is 1140 g/mol. The van der Waals surface area contributed by atoms with Gasteiger partial charge in [-0.3, -0.25) is 28.9 Å². The van der Waals surface area contributed by atoms with Gasteiger partial charge in [0, 0.05) is 54.4 Å². The molecular weight excluding hydrogens is 1060 g/mol. The summed E-state index contributed by atoms with van der Waals surface area (Å²) in [6, 6.07) is 33.2. The van der Waals surface area contributed by atoms with Gasteiger partial charge in [-0.2, -0.15) is 0 Å². The van der Waals surface area contributed by atoms with Crippen LogP contribution in [0.2, 0.25) is 18.6 Å². The van der Waals surface area contributed by atoms with E-state index in [1.54, 1.807) is 38.7 Å². The molecule has 5 aromatic carbocycles.